The summed E-state index contributed by atoms with van der Waals surface area (Å²) in [7, 11) is 0. The van der Waals surface area contributed by atoms with Crippen LogP contribution in [0, 0.1) is 0 Å². The van der Waals surface area contributed by atoms with Crippen LogP contribution in [0.1, 0.15) is 22.4 Å². The molecule has 0 aliphatic carbocycles. The van der Waals surface area contributed by atoms with Crippen LogP contribution in [0.15, 0.2) is 65.1 Å². The van der Waals surface area contributed by atoms with Crippen LogP contribution >= 0.6 is 23.1 Å². The van der Waals surface area contributed by atoms with E-state index in [0.29, 0.717) is 41.3 Å². The Hall–Kier alpha value is -2.32. The lowest BCUT2D eigenvalue weighted by Crippen LogP contribution is -2.14. The quantitative estimate of drug-likeness (QED) is 0.344. The second kappa shape index (κ2) is 9.93. The molecule has 1 N–H and O–H groups in total. The summed E-state index contributed by atoms with van der Waals surface area (Å²) in [6, 6.07) is 12.8. The van der Waals surface area contributed by atoms with Crippen LogP contribution in [0.3, 0.4) is 0 Å². The topological polar surface area (TPSA) is 42.0 Å². The Labute approximate surface area is 175 Å². The predicted octanol–water partition coefficient (Wildman–Crippen LogP) is 6.07. The van der Waals surface area contributed by atoms with Crippen LogP contribution in [-0.4, -0.2) is 16.6 Å². The third-order valence-corrected chi connectivity index (χ3v) is 6.03. The van der Waals surface area contributed by atoms with Crippen LogP contribution < -0.4 is 5.32 Å². The van der Waals surface area contributed by atoms with Gasteiger partial charge >= 0.3 is 6.18 Å². The number of carbonyl (C=O) groups is 1. The lowest BCUT2D eigenvalue weighted by molar-refractivity contribution is -0.137. The monoisotopic (exact) mass is 436 g/mol. The van der Waals surface area contributed by atoms with Crippen LogP contribution in [0.4, 0.5) is 18.9 Å². The zero-order chi connectivity index (χ0) is 20.7. The highest BCUT2D eigenvalue weighted by Crippen LogP contribution is 2.30. The molecule has 0 radical (unpaired) electrons. The molecular weight excluding hydrogens is 417 g/mol. The van der Waals surface area contributed by atoms with Gasteiger partial charge in [-0.3, -0.25) is 4.79 Å². The summed E-state index contributed by atoms with van der Waals surface area (Å²) in [5, 5.41) is 5.52. The molecule has 1 aromatic carbocycles. The van der Waals surface area contributed by atoms with Gasteiger partial charge in [-0.25, -0.2) is 4.98 Å². The summed E-state index contributed by atoms with van der Waals surface area (Å²) >= 11 is 3.01. The fourth-order valence-corrected chi connectivity index (χ4v) is 4.31. The number of aryl methyl sites for hydroxylation is 1. The van der Waals surface area contributed by atoms with Gasteiger partial charge in [-0.2, -0.15) is 13.2 Å². The standard InChI is InChI=1S/C21H19F3N2OS2/c22-21(23,24)16-7-1-5-15(13-16)6-3-12-29-20-18(9-2-10-25-20)26-19(27)14-17-8-4-11-28-17/h1-2,4-5,7-11,13H,3,6,12,14H2,(H,26,27). The average molecular weight is 437 g/mol. The first-order valence-corrected chi connectivity index (χ1v) is 10.8. The minimum atomic E-state index is -4.32. The van der Waals surface area contributed by atoms with E-state index in [1.165, 1.54) is 35.2 Å². The van der Waals surface area contributed by atoms with Crippen molar-refractivity contribution < 1.29 is 18.0 Å². The number of nitrogens with one attached hydrogen (secondary N) is 1. The number of benzene rings is 1. The van der Waals surface area contributed by atoms with E-state index in [9.17, 15) is 18.0 Å². The minimum Gasteiger partial charge on any atom is -0.323 e. The zero-order valence-electron chi connectivity index (χ0n) is 15.4. The Morgan fingerprint density at radius 1 is 1.14 bits per heavy atom. The first kappa shape index (κ1) is 21.4. The Bertz CT molecular complexity index is 943. The van der Waals surface area contributed by atoms with Gasteiger partial charge in [-0.05, 0) is 53.8 Å². The molecular formula is C21H19F3N2OS2. The van der Waals surface area contributed by atoms with E-state index in [0.717, 1.165) is 10.9 Å². The first-order valence-electron chi connectivity index (χ1n) is 8.98. The summed E-state index contributed by atoms with van der Waals surface area (Å²) in [5.74, 6) is 0.576. The van der Waals surface area contributed by atoms with Crippen LogP contribution in [0.2, 0.25) is 0 Å². The summed E-state index contributed by atoms with van der Waals surface area (Å²) in [5.41, 5.74) is 0.687. The fraction of sp³-hybridized carbons (Fsp3) is 0.238. The van der Waals surface area contributed by atoms with Gasteiger partial charge in [0.15, 0.2) is 0 Å². The number of hydrogen-bond acceptors (Lipinski definition) is 4. The number of pyridine rings is 1. The fourth-order valence-electron chi connectivity index (χ4n) is 2.72. The third-order valence-electron chi connectivity index (χ3n) is 4.06. The van der Waals surface area contributed by atoms with Crippen molar-refractivity contribution in [2.45, 2.75) is 30.5 Å². The van der Waals surface area contributed by atoms with Crippen molar-refractivity contribution in [3.05, 3.63) is 76.1 Å². The lowest BCUT2D eigenvalue weighted by atomic mass is 10.1. The Morgan fingerprint density at radius 2 is 2.00 bits per heavy atom. The maximum absolute atomic E-state index is 12.8. The summed E-state index contributed by atoms with van der Waals surface area (Å²) in [6.07, 6.45) is -1.11. The Balaban J connectivity index is 1.52. The van der Waals surface area contributed by atoms with Crippen molar-refractivity contribution in [2.75, 3.05) is 11.1 Å². The van der Waals surface area contributed by atoms with E-state index in [-0.39, 0.29) is 5.91 Å². The number of anilines is 1. The average Bonchev–Trinajstić information content (AvgIpc) is 3.19. The molecule has 0 aliphatic heterocycles. The smallest absolute Gasteiger partial charge is 0.323 e. The van der Waals surface area contributed by atoms with Gasteiger partial charge in [0, 0.05) is 11.1 Å². The van der Waals surface area contributed by atoms with E-state index < -0.39 is 11.7 Å². The number of aromatic nitrogens is 1. The largest absolute Gasteiger partial charge is 0.416 e. The molecule has 3 aromatic rings. The van der Waals surface area contributed by atoms with Gasteiger partial charge in [0.05, 0.1) is 17.7 Å². The van der Waals surface area contributed by atoms with E-state index in [1.54, 1.807) is 24.4 Å². The number of thiophene rings is 1. The summed E-state index contributed by atoms with van der Waals surface area (Å²) in [6.45, 7) is 0. The first-order chi connectivity index (χ1) is 13.9. The molecule has 0 saturated carbocycles. The Morgan fingerprint density at radius 3 is 2.76 bits per heavy atom. The normalized spacial score (nSPS) is 11.4. The van der Waals surface area contributed by atoms with Crippen molar-refractivity contribution in [3.63, 3.8) is 0 Å². The molecule has 0 atom stereocenters. The number of halogens is 3. The van der Waals surface area contributed by atoms with Crippen molar-refractivity contribution >= 4 is 34.7 Å². The molecule has 0 aliphatic rings. The van der Waals surface area contributed by atoms with Gasteiger partial charge in [-0.1, -0.05) is 24.3 Å². The van der Waals surface area contributed by atoms with Gasteiger partial charge < -0.3 is 5.32 Å². The van der Waals surface area contributed by atoms with Gasteiger partial charge in [0.1, 0.15) is 5.03 Å². The molecule has 2 aromatic heterocycles. The maximum Gasteiger partial charge on any atom is 0.416 e. The van der Waals surface area contributed by atoms with Crippen LogP contribution in [0.5, 0.6) is 0 Å². The molecule has 152 valence electrons. The number of carbonyl (C=O) groups excluding carboxylic acids is 1. The SMILES string of the molecule is O=C(Cc1cccs1)Nc1cccnc1SCCCc1cccc(C(F)(F)F)c1. The number of nitrogens with zero attached hydrogens (tertiary/aromatic N) is 1. The number of alkyl halides is 3. The predicted molar refractivity (Wildman–Crippen MR) is 111 cm³/mol. The number of rotatable bonds is 8. The minimum absolute atomic E-state index is 0.105. The number of thioether (sulfide) groups is 1. The second-order valence-electron chi connectivity index (χ2n) is 6.31. The highest BCUT2D eigenvalue weighted by Gasteiger charge is 2.30. The molecule has 1 amide bonds. The molecule has 3 rings (SSSR count). The van der Waals surface area contributed by atoms with Gasteiger partial charge in [0.25, 0.3) is 0 Å². The van der Waals surface area contributed by atoms with E-state index in [4.69, 9.17) is 0 Å². The third kappa shape index (κ3) is 6.61. The molecule has 8 heteroatoms. The number of hydrogen-bond donors (Lipinski definition) is 1. The Kier molecular flexibility index (Phi) is 7.33. The molecule has 0 bridgehead atoms. The molecule has 3 nitrogen and oxygen atoms in total. The molecule has 29 heavy (non-hydrogen) atoms. The molecule has 0 fully saturated rings. The highest BCUT2D eigenvalue weighted by molar-refractivity contribution is 7.99. The summed E-state index contributed by atoms with van der Waals surface area (Å²) in [4.78, 5) is 17.5. The molecule has 2 heterocycles. The van der Waals surface area contributed by atoms with Crippen LogP contribution in [-0.2, 0) is 23.8 Å². The number of amides is 1. The maximum atomic E-state index is 12.8. The van der Waals surface area contributed by atoms with E-state index in [2.05, 4.69) is 10.3 Å². The van der Waals surface area contributed by atoms with Crippen molar-refractivity contribution in [1.29, 1.82) is 0 Å². The van der Waals surface area contributed by atoms with Crippen LogP contribution in [0.25, 0.3) is 0 Å². The lowest BCUT2D eigenvalue weighted by Gasteiger charge is -2.10. The molecule has 0 saturated heterocycles. The van der Waals surface area contributed by atoms with E-state index in [1.807, 2.05) is 17.5 Å². The van der Waals surface area contributed by atoms with Crippen molar-refractivity contribution in [1.82, 2.24) is 4.98 Å². The molecule has 0 spiro atoms. The summed E-state index contributed by atoms with van der Waals surface area (Å²) < 4.78 is 38.4. The zero-order valence-corrected chi connectivity index (χ0v) is 17.0. The second-order valence-corrected chi connectivity index (χ2v) is 8.43. The van der Waals surface area contributed by atoms with Gasteiger partial charge in [0.2, 0.25) is 5.91 Å². The highest BCUT2D eigenvalue weighted by atomic mass is 32.2. The van der Waals surface area contributed by atoms with Gasteiger partial charge in [-0.15, -0.1) is 23.1 Å². The van der Waals surface area contributed by atoms with E-state index >= 15 is 0 Å². The molecule has 0 unspecified atom stereocenters. The van der Waals surface area contributed by atoms with Crippen molar-refractivity contribution in [2.24, 2.45) is 0 Å². The van der Waals surface area contributed by atoms with Crippen molar-refractivity contribution in [3.8, 4) is 0 Å².